The third-order valence-electron chi connectivity index (χ3n) is 3.77. The second-order valence-corrected chi connectivity index (χ2v) is 6.44. The number of nitrogens with zero attached hydrogens (tertiary/aromatic N) is 2. The summed E-state index contributed by atoms with van der Waals surface area (Å²) in [7, 11) is 1.69. The Bertz CT molecular complexity index is 463. The molecule has 1 saturated heterocycles. The molecule has 1 aromatic rings. The molecule has 0 atom stereocenters. The summed E-state index contributed by atoms with van der Waals surface area (Å²) in [5.74, 6) is 0.892. The summed E-state index contributed by atoms with van der Waals surface area (Å²) >= 11 is 0. The maximum atomic E-state index is 9.88. The summed E-state index contributed by atoms with van der Waals surface area (Å²) in [6.45, 7) is 9.24. The molecule has 0 bridgehead atoms. The number of anilines is 1. The van der Waals surface area contributed by atoms with Crippen molar-refractivity contribution >= 4 is 5.69 Å². The third-order valence-corrected chi connectivity index (χ3v) is 3.77. The van der Waals surface area contributed by atoms with Gasteiger partial charge in [-0.25, -0.2) is 0 Å². The van der Waals surface area contributed by atoms with Crippen molar-refractivity contribution in [3.63, 3.8) is 0 Å². The van der Waals surface area contributed by atoms with E-state index in [2.05, 4.69) is 9.80 Å². The van der Waals surface area contributed by atoms with Crippen LogP contribution in [0.15, 0.2) is 18.2 Å². The molecule has 1 aliphatic heterocycles. The number of ether oxygens (including phenoxy) is 1. The Hall–Kier alpha value is -1.30. The van der Waals surface area contributed by atoms with Crippen LogP contribution in [0.1, 0.15) is 19.4 Å². The van der Waals surface area contributed by atoms with Crippen LogP contribution in [0, 0.1) is 0 Å². The molecule has 0 aliphatic carbocycles. The third kappa shape index (κ3) is 4.88. The molecular formula is C16H27N3O2. The van der Waals surface area contributed by atoms with Crippen molar-refractivity contribution in [2.24, 2.45) is 0 Å². The molecule has 0 saturated carbocycles. The lowest BCUT2D eigenvalue weighted by Gasteiger charge is -2.37. The quantitative estimate of drug-likeness (QED) is 0.798. The zero-order chi connectivity index (χ0) is 15.5. The molecule has 0 radical (unpaired) electrons. The molecule has 0 aromatic heterocycles. The van der Waals surface area contributed by atoms with E-state index in [1.807, 2.05) is 32.0 Å². The molecule has 3 N–H and O–H groups in total. The van der Waals surface area contributed by atoms with Crippen LogP contribution in [-0.4, -0.2) is 60.3 Å². The highest BCUT2D eigenvalue weighted by Crippen LogP contribution is 2.23. The minimum Gasteiger partial charge on any atom is -0.496 e. The topological polar surface area (TPSA) is 62.0 Å². The molecule has 1 heterocycles. The lowest BCUT2D eigenvalue weighted by Crippen LogP contribution is -2.50. The zero-order valence-corrected chi connectivity index (χ0v) is 13.3. The normalized spacial score (nSPS) is 17.9. The minimum atomic E-state index is -0.626. The molecule has 1 aliphatic rings. The first-order chi connectivity index (χ1) is 9.87. The van der Waals surface area contributed by atoms with Gasteiger partial charge in [0, 0.05) is 50.5 Å². The molecule has 1 fully saturated rings. The van der Waals surface area contributed by atoms with E-state index in [0.29, 0.717) is 0 Å². The van der Waals surface area contributed by atoms with Gasteiger partial charge in [0.1, 0.15) is 5.75 Å². The minimum absolute atomic E-state index is 0.626. The van der Waals surface area contributed by atoms with Crippen molar-refractivity contribution in [1.29, 1.82) is 0 Å². The van der Waals surface area contributed by atoms with Gasteiger partial charge < -0.3 is 15.6 Å². The van der Waals surface area contributed by atoms with Crippen LogP contribution in [0.5, 0.6) is 5.75 Å². The number of hydrogen-bond donors (Lipinski definition) is 2. The fourth-order valence-electron chi connectivity index (χ4n) is 2.82. The number of aliphatic hydroxyl groups is 1. The van der Waals surface area contributed by atoms with E-state index in [1.165, 1.54) is 0 Å². The smallest absolute Gasteiger partial charge is 0.123 e. The number of methoxy groups -OCH3 is 1. The van der Waals surface area contributed by atoms with E-state index in [4.69, 9.17) is 10.5 Å². The van der Waals surface area contributed by atoms with Crippen LogP contribution >= 0.6 is 0 Å². The van der Waals surface area contributed by atoms with Crippen molar-refractivity contribution in [1.82, 2.24) is 9.80 Å². The van der Waals surface area contributed by atoms with Crippen molar-refractivity contribution < 1.29 is 9.84 Å². The van der Waals surface area contributed by atoms with Crippen molar-refractivity contribution in [2.45, 2.75) is 26.0 Å². The molecule has 2 rings (SSSR count). The van der Waals surface area contributed by atoms with Gasteiger partial charge in [0.25, 0.3) is 0 Å². The largest absolute Gasteiger partial charge is 0.496 e. The number of piperazine rings is 1. The summed E-state index contributed by atoms with van der Waals surface area (Å²) in [5, 5.41) is 9.88. The van der Waals surface area contributed by atoms with Crippen LogP contribution in [0.4, 0.5) is 5.69 Å². The van der Waals surface area contributed by atoms with Gasteiger partial charge in [0.05, 0.1) is 12.7 Å². The van der Waals surface area contributed by atoms with Crippen molar-refractivity contribution in [3.05, 3.63) is 23.8 Å². The fraction of sp³-hybridized carbons (Fsp3) is 0.625. The van der Waals surface area contributed by atoms with Gasteiger partial charge in [-0.15, -0.1) is 0 Å². The van der Waals surface area contributed by atoms with E-state index in [-0.39, 0.29) is 0 Å². The van der Waals surface area contributed by atoms with Crippen molar-refractivity contribution in [3.8, 4) is 5.75 Å². The number of nitrogen functional groups attached to an aromatic ring is 1. The number of benzene rings is 1. The Labute approximate surface area is 127 Å². The molecule has 5 nitrogen and oxygen atoms in total. The number of β-amino-alcohol motifs (C(OH)–C–C–N with tert-alkyl or cyclic N) is 1. The van der Waals surface area contributed by atoms with Crippen LogP contribution in [0.3, 0.4) is 0 Å². The van der Waals surface area contributed by atoms with Crippen LogP contribution in [0.25, 0.3) is 0 Å². The van der Waals surface area contributed by atoms with Crippen LogP contribution in [0.2, 0.25) is 0 Å². The van der Waals surface area contributed by atoms with Crippen molar-refractivity contribution in [2.75, 3.05) is 45.6 Å². The van der Waals surface area contributed by atoms with Gasteiger partial charge in [0.15, 0.2) is 0 Å². The summed E-state index contributed by atoms with van der Waals surface area (Å²) < 4.78 is 5.40. The predicted molar refractivity (Wildman–Crippen MR) is 85.4 cm³/mol. The Morgan fingerprint density at radius 1 is 1.19 bits per heavy atom. The average molecular weight is 293 g/mol. The molecule has 21 heavy (non-hydrogen) atoms. The number of rotatable bonds is 5. The first-order valence-corrected chi connectivity index (χ1v) is 7.47. The molecule has 5 heteroatoms. The van der Waals surface area contributed by atoms with Crippen LogP contribution < -0.4 is 10.5 Å². The maximum absolute atomic E-state index is 9.88. The molecule has 1 aromatic carbocycles. The standard InChI is InChI=1S/C16H27N3O2/c1-16(2,20)12-19-8-6-18(7-9-19)11-13-10-14(17)4-5-15(13)21-3/h4-5,10,20H,6-9,11-12,17H2,1-3H3. The predicted octanol–water partition coefficient (Wildman–Crippen LogP) is 1.17. The highest BCUT2D eigenvalue weighted by atomic mass is 16.5. The first kappa shape index (κ1) is 16.1. The Kier molecular flexibility index (Phi) is 5.08. The molecule has 0 unspecified atom stereocenters. The summed E-state index contributed by atoms with van der Waals surface area (Å²) in [5.41, 5.74) is 7.15. The molecule has 0 amide bonds. The Morgan fingerprint density at radius 2 is 1.81 bits per heavy atom. The van der Waals surface area contributed by atoms with E-state index in [9.17, 15) is 5.11 Å². The molecule has 0 spiro atoms. The number of nitrogens with two attached hydrogens (primary N) is 1. The van der Waals surface area contributed by atoms with E-state index >= 15 is 0 Å². The zero-order valence-electron chi connectivity index (χ0n) is 13.3. The van der Waals surface area contributed by atoms with Gasteiger partial charge in [0.2, 0.25) is 0 Å². The van der Waals surface area contributed by atoms with E-state index in [1.54, 1.807) is 7.11 Å². The monoisotopic (exact) mass is 293 g/mol. The highest BCUT2D eigenvalue weighted by Gasteiger charge is 2.23. The fourth-order valence-corrected chi connectivity index (χ4v) is 2.82. The Balaban J connectivity index is 1.90. The molecule has 118 valence electrons. The Morgan fingerprint density at radius 3 is 2.38 bits per heavy atom. The van der Waals surface area contributed by atoms with E-state index < -0.39 is 5.60 Å². The highest BCUT2D eigenvalue weighted by molar-refractivity contribution is 5.47. The summed E-state index contributed by atoms with van der Waals surface area (Å²) in [6, 6.07) is 5.78. The molecular weight excluding hydrogens is 266 g/mol. The van der Waals surface area contributed by atoms with Gasteiger partial charge in [-0.05, 0) is 32.0 Å². The second-order valence-electron chi connectivity index (χ2n) is 6.44. The summed E-state index contributed by atoms with van der Waals surface area (Å²) in [6.07, 6.45) is 0. The van der Waals surface area contributed by atoms with Crippen LogP contribution in [-0.2, 0) is 6.54 Å². The lowest BCUT2D eigenvalue weighted by atomic mass is 10.1. The van der Waals surface area contributed by atoms with Gasteiger partial charge in [-0.1, -0.05) is 0 Å². The summed E-state index contributed by atoms with van der Waals surface area (Å²) in [4.78, 5) is 4.71. The first-order valence-electron chi connectivity index (χ1n) is 7.47. The second kappa shape index (κ2) is 6.64. The number of hydrogen-bond acceptors (Lipinski definition) is 5. The van der Waals surface area contributed by atoms with Gasteiger partial charge in [-0.3, -0.25) is 9.80 Å². The lowest BCUT2D eigenvalue weighted by molar-refractivity contribution is 0.0166. The average Bonchev–Trinajstić information content (AvgIpc) is 2.40. The maximum Gasteiger partial charge on any atom is 0.123 e. The van der Waals surface area contributed by atoms with Gasteiger partial charge in [-0.2, -0.15) is 0 Å². The van der Waals surface area contributed by atoms with Gasteiger partial charge >= 0.3 is 0 Å². The SMILES string of the molecule is COc1ccc(N)cc1CN1CCN(CC(C)(C)O)CC1. The van der Waals surface area contributed by atoms with E-state index in [0.717, 1.165) is 56.3 Å².